The highest BCUT2D eigenvalue weighted by Crippen LogP contribution is 2.21. The van der Waals surface area contributed by atoms with Crippen LogP contribution in [-0.2, 0) is 6.54 Å². The van der Waals surface area contributed by atoms with E-state index >= 15 is 0 Å². The van der Waals surface area contributed by atoms with Gasteiger partial charge in [-0.2, -0.15) is 0 Å². The van der Waals surface area contributed by atoms with Crippen molar-refractivity contribution in [2.75, 3.05) is 5.73 Å². The first kappa shape index (κ1) is 11.7. The highest BCUT2D eigenvalue weighted by Gasteiger charge is 2.10. The number of hydrogen-bond donors (Lipinski definition) is 2. The van der Waals surface area contributed by atoms with Gasteiger partial charge in [0.1, 0.15) is 5.69 Å². The van der Waals surface area contributed by atoms with Gasteiger partial charge in [-0.25, -0.2) is 0 Å². The van der Waals surface area contributed by atoms with Crippen LogP contribution in [0, 0.1) is 10.1 Å². The van der Waals surface area contributed by atoms with Crippen LogP contribution in [-0.4, -0.2) is 4.92 Å². The zero-order valence-corrected chi connectivity index (χ0v) is 7.58. The van der Waals surface area contributed by atoms with Crippen LogP contribution in [0.3, 0.4) is 0 Å². The van der Waals surface area contributed by atoms with Crippen molar-refractivity contribution >= 4 is 23.8 Å². The molecule has 0 unspecified atom stereocenters. The SMILES string of the molecule is Cl.NCc1ccc(N)c([N+](=O)[O-])c1. The van der Waals surface area contributed by atoms with E-state index in [-0.39, 0.29) is 30.3 Å². The largest absolute Gasteiger partial charge is 0.393 e. The third-order valence-electron chi connectivity index (χ3n) is 1.53. The van der Waals surface area contributed by atoms with E-state index in [9.17, 15) is 10.1 Å². The van der Waals surface area contributed by atoms with Gasteiger partial charge in [-0.3, -0.25) is 10.1 Å². The molecule has 1 rings (SSSR count). The summed E-state index contributed by atoms with van der Waals surface area (Å²) in [5.41, 5.74) is 11.5. The number of nitrogens with zero attached hydrogens (tertiary/aromatic N) is 1. The maximum Gasteiger partial charge on any atom is 0.292 e. The number of nitro groups is 1. The van der Waals surface area contributed by atoms with E-state index in [1.807, 2.05) is 0 Å². The van der Waals surface area contributed by atoms with Crippen LogP contribution >= 0.6 is 12.4 Å². The summed E-state index contributed by atoms with van der Waals surface area (Å²) < 4.78 is 0. The molecule has 0 saturated carbocycles. The van der Waals surface area contributed by atoms with Gasteiger partial charge in [0, 0.05) is 12.6 Å². The predicted octanol–water partition coefficient (Wildman–Crippen LogP) is 1.06. The van der Waals surface area contributed by atoms with Gasteiger partial charge >= 0.3 is 0 Å². The van der Waals surface area contributed by atoms with Crippen molar-refractivity contribution in [2.24, 2.45) is 5.73 Å². The molecule has 0 bridgehead atoms. The van der Waals surface area contributed by atoms with E-state index in [0.29, 0.717) is 5.56 Å². The molecule has 0 spiro atoms. The molecule has 0 aromatic heterocycles. The third-order valence-corrected chi connectivity index (χ3v) is 1.53. The first-order valence-corrected chi connectivity index (χ1v) is 3.38. The van der Waals surface area contributed by atoms with Crippen molar-refractivity contribution in [1.82, 2.24) is 0 Å². The summed E-state index contributed by atoms with van der Waals surface area (Å²) in [5, 5.41) is 10.4. The highest BCUT2D eigenvalue weighted by atomic mass is 35.5. The van der Waals surface area contributed by atoms with Gasteiger partial charge in [0.05, 0.1) is 4.92 Å². The van der Waals surface area contributed by atoms with Crippen LogP contribution in [0.2, 0.25) is 0 Å². The highest BCUT2D eigenvalue weighted by molar-refractivity contribution is 5.85. The number of nitrogen functional groups attached to an aromatic ring is 1. The lowest BCUT2D eigenvalue weighted by molar-refractivity contribution is -0.384. The molecular weight excluding hydrogens is 194 g/mol. The lowest BCUT2D eigenvalue weighted by atomic mass is 10.2. The maximum atomic E-state index is 10.4. The zero-order chi connectivity index (χ0) is 9.14. The predicted molar refractivity (Wildman–Crippen MR) is 52.6 cm³/mol. The van der Waals surface area contributed by atoms with Crippen LogP contribution in [0.15, 0.2) is 18.2 Å². The summed E-state index contributed by atoms with van der Waals surface area (Å²) >= 11 is 0. The van der Waals surface area contributed by atoms with E-state index in [2.05, 4.69) is 0 Å². The Labute approximate surface area is 81.3 Å². The molecule has 0 fully saturated rings. The minimum Gasteiger partial charge on any atom is -0.393 e. The molecule has 0 aliphatic carbocycles. The second kappa shape index (κ2) is 4.64. The summed E-state index contributed by atoms with van der Waals surface area (Å²) in [6, 6.07) is 4.54. The van der Waals surface area contributed by atoms with Gasteiger partial charge in [-0.15, -0.1) is 12.4 Å². The van der Waals surface area contributed by atoms with Crippen LogP contribution in [0.5, 0.6) is 0 Å². The molecule has 6 heteroatoms. The number of anilines is 1. The molecule has 1 aromatic rings. The standard InChI is InChI=1S/C7H9N3O2.ClH/c8-4-5-1-2-6(9)7(3-5)10(11)12;/h1-3H,4,8-9H2;1H. The average molecular weight is 204 g/mol. The Bertz CT molecular complexity index is 317. The maximum absolute atomic E-state index is 10.4. The Kier molecular flexibility index (Phi) is 4.16. The monoisotopic (exact) mass is 203 g/mol. The minimum absolute atomic E-state index is 0. The Balaban J connectivity index is 0.00000144. The van der Waals surface area contributed by atoms with Crippen LogP contribution < -0.4 is 11.5 Å². The first-order chi connectivity index (χ1) is 5.65. The molecule has 0 saturated heterocycles. The number of halogens is 1. The van der Waals surface area contributed by atoms with Crippen molar-refractivity contribution in [2.45, 2.75) is 6.54 Å². The fourth-order valence-corrected chi connectivity index (χ4v) is 0.874. The number of benzene rings is 1. The topological polar surface area (TPSA) is 95.2 Å². The molecule has 0 amide bonds. The molecule has 0 aliphatic heterocycles. The molecule has 0 heterocycles. The van der Waals surface area contributed by atoms with Crippen LogP contribution in [0.1, 0.15) is 5.56 Å². The number of nitrogens with two attached hydrogens (primary N) is 2. The third kappa shape index (κ3) is 2.57. The molecule has 0 aliphatic rings. The van der Waals surface area contributed by atoms with Gasteiger partial charge in [0.2, 0.25) is 0 Å². The normalized spacial score (nSPS) is 9.00. The Morgan fingerprint density at radius 3 is 2.54 bits per heavy atom. The summed E-state index contributed by atoms with van der Waals surface area (Å²) in [6.45, 7) is 0.279. The van der Waals surface area contributed by atoms with Crippen molar-refractivity contribution in [3.63, 3.8) is 0 Å². The molecule has 72 valence electrons. The first-order valence-electron chi connectivity index (χ1n) is 3.38. The average Bonchev–Trinajstić information content (AvgIpc) is 2.05. The lowest BCUT2D eigenvalue weighted by Gasteiger charge is -1.99. The Morgan fingerprint density at radius 1 is 1.46 bits per heavy atom. The molecule has 1 aromatic carbocycles. The number of nitro benzene ring substituents is 1. The van der Waals surface area contributed by atoms with Gasteiger partial charge in [0.15, 0.2) is 0 Å². The van der Waals surface area contributed by atoms with E-state index < -0.39 is 4.92 Å². The lowest BCUT2D eigenvalue weighted by Crippen LogP contribution is -2.00. The van der Waals surface area contributed by atoms with Crippen molar-refractivity contribution in [3.8, 4) is 0 Å². The van der Waals surface area contributed by atoms with Gasteiger partial charge in [-0.05, 0) is 11.6 Å². The summed E-state index contributed by atoms with van der Waals surface area (Å²) in [5.74, 6) is 0. The fraction of sp³-hybridized carbons (Fsp3) is 0.143. The van der Waals surface area contributed by atoms with Gasteiger partial charge in [-0.1, -0.05) is 6.07 Å². The minimum atomic E-state index is -0.519. The summed E-state index contributed by atoms with van der Waals surface area (Å²) in [4.78, 5) is 9.86. The van der Waals surface area contributed by atoms with Crippen LogP contribution in [0.4, 0.5) is 11.4 Å². The molecule has 13 heavy (non-hydrogen) atoms. The Hall–Kier alpha value is -1.33. The molecule has 0 atom stereocenters. The van der Waals surface area contributed by atoms with E-state index in [1.54, 1.807) is 6.07 Å². The summed E-state index contributed by atoms with van der Waals surface area (Å²) in [7, 11) is 0. The van der Waals surface area contributed by atoms with E-state index in [0.717, 1.165) is 0 Å². The molecule has 4 N–H and O–H groups in total. The number of hydrogen-bond acceptors (Lipinski definition) is 4. The molecule has 0 radical (unpaired) electrons. The second-order valence-corrected chi connectivity index (χ2v) is 2.35. The molecule has 5 nitrogen and oxygen atoms in total. The zero-order valence-electron chi connectivity index (χ0n) is 6.77. The van der Waals surface area contributed by atoms with Crippen molar-refractivity contribution in [3.05, 3.63) is 33.9 Å². The quantitative estimate of drug-likeness (QED) is 0.427. The smallest absolute Gasteiger partial charge is 0.292 e. The van der Waals surface area contributed by atoms with E-state index in [4.69, 9.17) is 11.5 Å². The van der Waals surface area contributed by atoms with Crippen molar-refractivity contribution < 1.29 is 4.92 Å². The van der Waals surface area contributed by atoms with Gasteiger partial charge in [0.25, 0.3) is 5.69 Å². The van der Waals surface area contributed by atoms with E-state index in [1.165, 1.54) is 12.1 Å². The van der Waals surface area contributed by atoms with Crippen LogP contribution in [0.25, 0.3) is 0 Å². The second-order valence-electron chi connectivity index (χ2n) is 2.35. The summed E-state index contributed by atoms with van der Waals surface area (Å²) in [6.07, 6.45) is 0. The fourth-order valence-electron chi connectivity index (χ4n) is 0.874. The van der Waals surface area contributed by atoms with Gasteiger partial charge < -0.3 is 11.5 Å². The Morgan fingerprint density at radius 2 is 2.08 bits per heavy atom. The van der Waals surface area contributed by atoms with Crippen molar-refractivity contribution in [1.29, 1.82) is 0 Å². The number of rotatable bonds is 2. The molecular formula is C7H10ClN3O2.